The molecule has 0 saturated heterocycles. The molecule has 0 fully saturated rings. The highest BCUT2D eigenvalue weighted by Crippen LogP contribution is 2.40. The number of aliphatic hydroxyl groups excluding tert-OH is 1. The van der Waals surface area contributed by atoms with Crippen LogP contribution in [0.25, 0.3) is 5.76 Å². The zero-order valence-electron chi connectivity index (χ0n) is 11.9. The SMILES string of the molecule is CC1(C#N)C(=O)C(C(=O)NCC(=O)O)=C(O)c2ccc(Cl)cc21. The molecule has 0 bridgehead atoms. The van der Waals surface area contributed by atoms with Gasteiger partial charge in [0.2, 0.25) is 0 Å². The first-order chi connectivity index (χ1) is 10.7. The van der Waals surface area contributed by atoms with Crippen molar-refractivity contribution in [3.05, 3.63) is 39.9 Å². The summed E-state index contributed by atoms with van der Waals surface area (Å²) in [5.74, 6) is -3.90. The molecule has 8 heteroatoms. The quantitative estimate of drug-likeness (QED) is 0.712. The summed E-state index contributed by atoms with van der Waals surface area (Å²) >= 11 is 5.88. The van der Waals surface area contributed by atoms with Gasteiger partial charge in [-0.2, -0.15) is 5.26 Å². The number of carboxylic acid groups (broad SMARTS) is 1. The lowest BCUT2D eigenvalue weighted by molar-refractivity contribution is -0.137. The Morgan fingerprint density at radius 2 is 2.09 bits per heavy atom. The van der Waals surface area contributed by atoms with E-state index in [4.69, 9.17) is 16.7 Å². The number of rotatable bonds is 3. The summed E-state index contributed by atoms with van der Waals surface area (Å²) in [6.07, 6.45) is 0. The molecule has 0 spiro atoms. The highest BCUT2D eigenvalue weighted by molar-refractivity contribution is 6.32. The number of nitrogens with one attached hydrogen (secondary N) is 1. The van der Waals surface area contributed by atoms with E-state index in [1.54, 1.807) is 0 Å². The Bertz CT molecular complexity index is 809. The van der Waals surface area contributed by atoms with Gasteiger partial charge in [-0.25, -0.2) is 0 Å². The minimum Gasteiger partial charge on any atom is -0.506 e. The van der Waals surface area contributed by atoms with Gasteiger partial charge in [0.25, 0.3) is 5.91 Å². The van der Waals surface area contributed by atoms with Gasteiger partial charge in [-0.15, -0.1) is 0 Å². The van der Waals surface area contributed by atoms with Gasteiger partial charge in [0.05, 0.1) is 6.07 Å². The van der Waals surface area contributed by atoms with Crippen LogP contribution in [0.3, 0.4) is 0 Å². The monoisotopic (exact) mass is 334 g/mol. The smallest absolute Gasteiger partial charge is 0.322 e. The van der Waals surface area contributed by atoms with Crippen LogP contribution < -0.4 is 5.32 Å². The standard InChI is InChI=1S/C15H11ClN2O5/c1-15(6-17)9-4-7(16)2-3-8(9)12(21)11(13(15)22)14(23)18-5-10(19)20/h2-4,21H,5H2,1H3,(H,18,23)(H,19,20). The largest absolute Gasteiger partial charge is 0.506 e. The van der Waals surface area contributed by atoms with E-state index in [1.165, 1.54) is 25.1 Å². The van der Waals surface area contributed by atoms with Crippen LogP contribution in [0.4, 0.5) is 0 Å². The number of amides is 1. The molecule has 0 aliphatic heterocycles. The predicted octanol–water partition coefficient (Wildman–Crippen LogP) is 1.17. The average Bonchev–Trinajstić information content (AvgIpc) is 2.50. The van der Waals surface area contributed by atoms with E-state index < -0.39 is 41.0 Å². The maximum atomic E-state index is 12.6. The van der Waals surface area contributed by atoms with Crippen molar-refractivity contribution in [1.29, 1.82) is 5.26 Å². The molecule has 3 N–H and O–H groups in total. The van der Waals surface area contributed by atoms with Crippen LogP contribution in [0, 0.1) is 11.3 Å². The Kier molecular flexibility index (Phi) is 4.12. The van der Waals surface area contributed by atoms with Gasteiger partial charge < -0.3 is 15.5 Å². The Morgan fingerprint density at radius 1 is 1.43 bits per heavy atom. The number of aliphatic carboxylic acids is 1. The number of fused-ring (bicyclic) bond motifs is 1. The number of hydrogen-bond acceptors (Lipinski definition) is 5. The number of nitrogens with zero attached hydrogens (tertiary/aromatic N) is 1. The van der Waals surface area contributed by atoms with Crippen molar-refractivity contribution in [3.63, 3.8) is 0 Å². The van der Waals surface area contributed by atoms with Gasteiger partial charge in [0, 0.05) is 10.6 Å². The van der Waals surface area contributed by atoms with Crippen LogP contribution >= 0.6 is 11.6 Å². The lowest BCUT2D eigenvalue weighted by Gasteiger charge is -2.29. The third kappa shape index (κ3) is 2.64. The van der Waals surface area contributed by atoms with Crippen LogP contribution in [0.2, 0.25) is 5.02 Å². The number of hydrogen-bond donors (Lipinski definition) is 3. The van der Waals surface area contributed by atoms with Gasteiger partial charge in [-0.05, 0) is 30.7 Å². The zero-order chi connectivity index (χ0) is 17.4. The van der Waals surface area contributed by atoms with Crippen LogP contribution in [0.5, 0.6) is 0 Å². The highest BCUT2D eigenvalue weighted by Gasteiger charge is 2.47. The number of carboxylic acids is 1. The summed E-state index contributed by atoms with van der Waals surface area (Å²) in [4.78, 5) is 35.1. The molecule has 0 radical (unpaired) electrons. The van der Waals surface area contributed by atoms with Crippen molar-refractivity contribution in [2.45, 2.75) is 12.3 Å². The predicted molar refractivity (Wildman–Crippen MR) is 79.6 cm³/mol. The number of halogens is 1. The third-order valence-corrected chi connectivity index (χ3v) is 3.78. The highest BCUT2D eigenvalue weighted by atomic mass is 35.5. The topological polar surface area (TPSA) is 127 Å². The van der Waals surface area contributed by atoms with Gasteiger partial charge in [-0.1, -0.05) is 11.6 Å². The number of ketones is 1. The van der Waals surface area contributed by atoms with Gasteiger partial charge >= 0.3 is 5.97 Å². The van der Waals surface area contributed by atoms with E-state index in [0.29, 0.717) is 0 Å². The summed E-state index contributed by atoms with van der Waals surface area (Å²) in [5, 5.41) is 30.5. The Morgan fingerprint density at radius 3 is 2.65 bits per heavy atom. The molecule has 7 nitrogen and oxygen atoms in total. The van der Waals surface area contributed by atoms with Crippen LogP contribution in [-0.4, -0.2) is 34.4 Å². The molecule has 0 saturated carbocycles. The van der Waals surface area contributed by atoms with Gasteiger partial charge in [-0.3, -0.25) is 14.4 Å². The van der Waals surface area contributed by atoms with E-state index >= 15 is 0 Å². The van der Waals surface area contributed by atoms with Crippen LogP contribution in [0.1, 0.15) is 18.1 Å². The van der Waals surface area contributed by atoms with Crippen molar-refractivity contribution in [2.24, 2.45) is 0 Å². The summed E-state index contributed by atoms with van der Waals surface area (Å²) in [5.41, 5.74) is -2.06. The second-order valence-corrected chi connectivity index (χ2v) is 5.49. The first-order valence-corrected chi connectivity index (χ1v) is 6.80. The minimum atomic E-state index is -1.72. The molecular formula is C15H11ClN2O5. The van der Waals surface area contributed by atoms with Gasteiger partial charge in [0.15, 0.2) is 5.78 Å². The molecule has 1 amide bonds. The molecule has 1 aromatic carbocycles. The Labute approximate surface area is 135 Å². The van der Waals surface area contributed by atoms with Gasteiger partial charge in [0.1, 0.15) is 23.3 Å². The lowest BCUT2D eigenvalue weighted by Crippen LogP contribution is -2.43. The first kappa shape index (κ1) is 16.5. The van der Waals surface area contributed by atoms with E-state index in [1.807, 2.05) is 11.4 Å². The second kappa shape index (κ2) is 5.74. The number of Topliss-reactive ketones (excluding diaryl/α,β-unsaturated/α-hetero) is 1. The van der Waals surface area contributed by atoms with Crippen molar-refractivity contribution in [1.82, 2.24) is 5.32 Å². The average molecular weight is 335 g/mol. The van der Waals surface area contributed by atoms with Crippen molar-refractivity contribution in [2.75, 3.05) is 6.54 Å². The van der Waals surface area contributed by atoms with E-state index in [0.717, 1.165) is 0 Å². The van der Waals surface area contributed by atoms with Crippen LogP contribution in [-0.2, 0) is 19.8 Å². The maximum absolute atomic E-state index is 12.6. The molecule has 1 unspecified atom stereocenters. The molecule has 1 aromatic rings. The maximum Gasteiger partial charge on any atom is 0.322 e. The Hall–Kier alpha value is -2.85. The molecule has 0 heterocycles. The third-order valence-electron chi connectivity index (χ3n) is 3.54. The molecule has 1 aliphatic carbocycles. The summed E-state index contributed by atoms with van der Waals surface area (Å²) < 4.78 is 0. The molecule has 118 valence electrons. The van der Waals surface area contributed by atoms with Crippen molar-refractivity contribution < 1.29 is 24.6 Å². The number of carbonyl (C=O) groups excluding carboxylic acids is 2. The first-order valence-electron chi connectivity index (χ1n) is 6.42. The summed E-state index contributed by atoms with van der Waals surface area (Å²) in [6, 6.07) is 6.04. The molecule has 2 rings (SSSR count). The van der Waals surface area contributed by atoms with E-state index in [2.05, 4.69) is 0 Å². The molecule has 0 aromatic heterocycles. The summed E-state index contributed by atoms with van der Waals surface area (Å²) in [6.45, 7) is 0.584. The zero-order valence-corrected chi connectivity index (χ0v) is 12.6. The second-order valence-electron chi connectivity index (χ2n) is 5.06. The minimum absolute atomic E-state index is 0.124. The number of benzene rings is 1. The number of carbonyl (C=O) groups is 3. The van der Waals surface area contributed by atoms with E-state index in [-0.39, 0.29) is 16.1 Å². The fraction of sp³-hybridized carbons (Fsp3) is 0.200. The number of aliphatic hydroxyl groups is 1. The van der Waals surface area contributed by atoms with Crippen molar-refractivity contribution in [3.8, 4) is 6.07 Å². The normalized spacial score (nSPS) is 19.8. The number of nitriles is 1. The van der Waals surface area contributed by atoms with E-state index in [9.17, 15) is 24.8 Å². The lowest BCUT2D eigenvalue weighted by atomic mass is 9.70. The Balaban J connectivity index is 2.63. The fourth-order valence-corrected chi connectivity index (χ4v) is 2.49. The molecule has 1 aliphatic rings. The molecular weight excluding hydrogens is 324 g/mol. The summed E-state index contributed by atoms with van der Waals surface area (Å²) in [7, 11) is 0. The molecule has 23 heavy (non-hydrogen) atoms. The van der Waals surface area contributed by atoms with Crippen LogP contribution in [0.15, 0.2) is 23.8 Å². The van der Waals surface area contributed by atoms with Crippen molar-refractivity contribution >= 4 is 35.0 Å². The fourth-order valence-electron chi connectivity index (χ4n) is 2.32. The molecule has 1 atom stereocenters.